The average molecular weight is 455 g/mol. The second-order valence-corrected chi connectivity index (χ2v) is 8.95. The predicted molar refractivity (Wildman–Crippen MR) is 119 cm³/mol. The van der Waals surface area contributed by atoms with Crippen LogP contribution in [0.3, 0.4) is 0 Å². The Kier molecular flexibility index (Phi) is 4.91. The summed E-state index contributed by atoms with van der Waals surface area (Å²) in [6, 6.07) is 3.52. The summed E-state index contributed by atoms with van der Waals surface area (Å²) in [6.07, 6.45) is -0.0751. The van der Waals surface area contributed by atoms with Crippen LogP contribution in [0.5, 0.6) is 11.5 Å². The molecule has 0 heterocycles. The van der Waals surface area contributed by atoms with Crippen molar-refractivity contribution in [2.24, 2.45) is 11.7 Å². The molecule has 0 saturated heterocycles. The molecule has 1 amide bonds. The predicted octanol–water partition coefficient (Wildman–Crippen LogP) is 0.213. The minimum atomic E-state index is -2.67. The van der Waals surface area contributed by atoms with Crippen molar-refractivity contribution in [1.82, 2.24) is 4.90 Å². The number of Topliss-reactive ketones (excluding diaryl/α,β-unsaturated/α-hetero) is 2. The summed E-state index contributed by atoms with van der Waals surface area (Å²) < 4.78 is 0. The van der Waals surface area contributed by atoms with Crippen LogP contribution in [0.4, 0.5) is 5.69 Å². The van der Waals surface area contributed by atoms with E-state index in [2.05, 4.69) is 0 Å². The number of phenols is 2. The molecule has 0 aromatic heterocycles. The number of aromatic hydroxyl groups is 2. The van der Waals surface area contributed by atoms with Crippen LogP contribution in [-0.2, 0) is 16.0 Å². The molecular formula is C23H25N3O7. The zero-order valence-electron chi connectivity index (χ0n) is 18.6. The van der Waals surface area contributed by atoms with Gasteiger partial charge in [-0.1, -0.05) is 0 Å². The Balaban J connectivity index is 2.09. The van der Waals surface area contributed by atoms with Crippen molar-refractivity contribution >= 4 is 33.9 Å². The van der Waals surface area contributed by atoms with E-state index in [1.54, 1.807) is 45.2 Å². The number of aliphatic hydroxyl groups is 2. The number of fused-ring (bicyclic) bond motifs is 3. The number of carbonyl (C=O) groups is 3. The van der Waals surface area contributed by atoms with Crippen molar-refractivity contribution in [1.29, 1.82) is 0 Å². The van der Waals surface area contributed by atoms with E-state index < -0.39 is 52.1 Å². The van der Waals surface area contributed by atoms with Crippen molar-refractivity contribution in [3.63, 3.8) is 0 Å². The minimum absolute atomic E-state index is 0.00462. The number of likely N-dealkylation sites (N-methyl/N-ethyl adjacent to an activating group) is 1. The summed E-state index contributed by atoms with van der Waals surface area (Å²) in [5.74, 6) is -6.27. The molecule has 0 bridgehead atoms. The molecule has 0 spiro atoms. The first-order valence-corrected chi connectivity index (χ1v) is 10.2. The Hall–Kier alpha value is -3.63. The van der Waals surface area contributed by atoms with Gasteiger partial charge in [-0.25, -0.2) is 0 Å². The smallest absolute Gasteiger partial charge is 0.255 e. The van der Waals surface area contributed by atoms with Crippen molar-refractivity contribution in [3.8, 4) is 11.5 Å². The van der Waals surface area contributed by atoms with Crippen LogP contribution in [0.15, 0.2) is 29.5 Å². The number of rotatable bonds is 3. The van der Waals surface area contributed by atoms with Gasteiger partial charge in [0.15, 0.2) is 11.4 Å². The number of phenolic OH excluding ortho intramolecular Hbond substituents is 2. The van der Waals surface area contributed by atoms with Gasteiger partial charge in [0, 0.05) is 31.1 Å². The lowest BCUT2D eigenvalue weighted by Crippen LogP contribution is -2.64. The quantitative estimate of drug-likeness (QED) is 0.407. The van der Waals surface area contributed by atoms with E-state index in [1.165, 1.54) is 11.0 Å². The molecule has 174 valence electrons. The van der Waals surface area contributed by atoms with Gasteiger partial charge in [0.25, 0.3) is 5.91 Å². The van der Waals surface area contributed by atoms with Crippen LogP contribution in [0.2, 0.25) is 0 Å². The number of primary amides is 1. The van der Waals surface area contributed by atoms with Gasteiger partial charge in [-0.05, 0) is 44.3 Å². The topological polar surface area (TPSA) is 165 Å². The molecule has 2 aliphatic rings. The number of hydrogen-bond acceptors (Lipinski definition) is 9. The van der Waals surface area contributed by atoms with Crippen LogP contribution < -0.4 is 10.6 Å². The Bertz CT molecular complexity index is 1280. The van der Waals surface area contributed by atoms with Gasteiger partial charge in [0.2, 0.25) is 5.78 Å². The normalized spacial score (nSPS) is 24.8. The van der Waals surface area contributed by atoms with E-state index in [1.807, 2.05) is 0 Å². The van der Waals surface area contributed by atoms with E-state index in [0.717, 1.165) is 0 Å². The number of nitrogens with zero attached hydrogens (tertiary/aromatic N) is 2. The molecule has 4 rings (SSSR count). The molecule has 3 atom stereocenters. The van der Waals surface area contributed by atoms with Gasteiger partial charge in [0.05, 0.1) is 17.0 Å². The Morgan fingerprint density at radius 2 is 1.76 bits per heavy atom. The summed E-state index contributed by atoms with van der Waals surface area (Å²) >= 11 is 0. The summed E-state index contributed by atoms with van der Waals surface area (Å²) in [5.41, 5.74) is 2.49. The van der Waals surface area contributed by atoms with Crippen LogP contribution in [-0.4, -0.2) is 82.6 Å². The first-order valence-electron chi connectivity index (χ1n) is 10.2. The number of nitrogens with two attached hydrogens (primary N) is 1. The maximum atomic E-state index is 13.6. The number of amides is 1. The van der Waals surface area contributed by atoms with Crippen LogP contribution in [0.25, 0.3) is 10.8 Å². The highest BCUT2D eigenvalue weighted by molar-refractivity contribution is 6.25. The Morgan fingerprint density at radius 3 is 2.30 bits per heavy atom. The molecule has 0 unspecified atom stereocenters. The fourth-order valence-electron chi connectivity index (χ4n) is 5.16. The van der Waals surface area contributed by atoms with E-state index in [4.69, 9.17) is 5.73 Å². The van der Waals surface area contributed by atoms with E-state index in [9.17, 15) is 34.8 Å². The number of anilines is 1. The molecule has 10 nitrogen and oxygen atoms in total. The first-order chi connectivity index (χ1) is 15.3. The van der Waals surface area contributed by atoms with Gasteiger partial charge in [-0.15, -0.1) is 0 Å². The van der Waals surface area contributed by atoms with Crippen LogP contribution >= 0.6 is 0 Å². The number of aliphatic hydroxyl groups excluding tert-OH is 1. The lowest BCUT2D eigenvalue weighted by molar-refractivity contribution is -0.132. The largest absolute Gasteiger partial charge is 0.508 e. The third-order valence-corrected chi connectivity index (χ3v) is 6.64. The maximum absolute atomic E-state index is 13.6. The molecular weight excluding hydrogens is 430 g/mol. The third-order valence-electron chi connectivity index (χ3n) is 6.64. The fourth-order valence-corrected chi connectivity index (χ4v) is 5.16. The highest BCUT2D eigenvalue weighted by Gasteiger charge is 2.62. The Morgan fingerprint density at radius 1 is 1.12 bits per heavy atom. The minimum Gasteiger partial charge on any atom is -0.508 e. The number of benzene rings is 2. The molecule has 10 heteroatoms. The molecule has 0 fully saturated rings. The fraction of sp³-hybridized carbons (Fsp3) is 0.348. The number of carbonyl (C=O) groups excluding carboxylic acids is 3. The molecule has 2 aliphatic carbocycles. The lowest BCUT2D eigenvalue weighted by Gasteiger charge is -2.47. The standard InChI is InChI=1S/C23H25N3O7/c1-25(2)12-5-6-13(27)15-10(12)7-9-8-11-17(26(3)4)19(29)16(22(24)32)21(31)23(11,33)20(30)14(9)18(15)28/h5-7,11,17,27-28,31,33H,8H2,1-4H3,(H2,24,32)/t11-,17+,23+/m0/s1. The molecule has 0 saturated carbocycles. The van der Waals surface area contributed by atoms with Crippen LogP contribution in [0.1, 0.15) is 15.9 Å². The molecule has 2 aromatic carbocycles. The monoisotopic (exact) mass is 455 g/mol. The van der Waals surface area contributed by atoms with Gasteiger partial charge >= 0.3 is 0 Å². The lowest BCUT2D eigenvalue weighted by atomic mass is 9.62. The maximum Gasteiger partial charge on any atom is 0.255 e. The summed E-state index contributed by atoms with van der Waals surface area (Å²) in [7, 11) is 6.65. The van der Waals surface area contributed by atoms with Gasteiger partial charge < -0.3 is 31.1 Å². The van der Waals surface area contributed by atoms with E-state index in [-0.39, 0.29) is 23.1 Å². The molecule has 2 aromatic rings. The van der Waals surface area contributed by atoms with Crippen molar-refractivity contribution in [2.75, 3.05) is 33.1 Å². The first kappa shape index (κ1) is 22.6. The Labute approximate surface area is 189 Å². The van der Waals surface area contributed by atoms with Crippen LogP contribution in [0, 0.1) is 5.92 Å². The zero-order chi connectivity index (χ0) is 24.6. The number of hydrogen-bond donors (Lipinski definition) is 5. The highest BCUT2D eigenvalue weighted by atomic mass is 16.3. The molecule has 0 radical (unpaired) electrons. The van der Waals surface area contributed by atoms with Crippen molar-refractivity contribution in [3.05, 3.63) is 40.7 Å². The third kappa shape index (κ3) is 2.84. The molecule has 0 aliphatic heterocycles. The average Bonchev–Trinajstić information content (AvgIpc) is 2.70. The molecule has 6 N–H and O–H groups in total. The SMILES string of the molecule is CN(C)c1ccc(O)c2c(O)c3c(cc12)C[C@H]1[C@@H](N(C)C)C(=O)C(C(N)=O)=C(O)[C@]1(O)C3=O. The summed E-state index contributed by atoms with van der Waals surface area (Å²) in [5, 5.41) is 44.3. The highest BCUT2D eigenvalue weighted by Crippen LogP contribution is 2.50. The van der Waals surface area contributed by atoms with Crippen molar-refractivity contribution in [2.45, 2.75) is 18.1 Å². The number of ketones is 2. The van der Waals surface area contributed by atoms with Gasteiger partial charge in [0.1, 0.15) is 22.8 Å². The van der Waals surface area contributed by atoms with E-state index in [0.29, 0.717) is 16.6 Å². The second-order valence-electron chi connectivity index (χ2n) is 8.95. The second kappa shape index (κ2) is 7.19. The summed E-state index contributed by atoms with van der Waals surface area (Å²) in [4.78, 5) is 41.8. The van der Waals surface area contributed by atoms with E-state index >= 15 is 0 Å². The van der Waals surface area contributed by atoms with Crippen molar-refractivity contribution < 1.29 is 34.8 Å². The summed E-state index contributed by atoms with van der Waals surface area (Å²) in [6.45, 7) is 0. The van der Waals surface area contributed by atoms with Gasteiger partial charge in [-0.3, -0.25) is 19.3 Å². The zero-order valence-corrected chi connectivity index (χ0v) is 18.6. The molecule has 33 heavy (non-hydrogen) atoms. The van der Waals surface area contributed by atoms with Gasteiger partial charge in [-0.2, -0.15) is 0 Å².